The molecule has 0 bridgehead atoms. The Balaban J connectivity index is 1.34. The zero-order valence-electron chi connectivity index (χ0n) is 17.3. The van der Waals surface area contributed by atoms with E-state index in [2.05, 4.69) is 40.2 Å². The Hall–Kier alpha value is -2.15. The number of urea groups is 1. The van der Waals surface area contributed by atoms with Crippen LogP contribution in [-0.4, -0.2) is 34.5 Å². The Morgan fingerprint density at radius 2 is 2.03 bits per heavy atom. The summed E-state index contributed by atoms with van der Waals surface area (Å²) in [5.41, 5.74) is 10.4. The third-order valence-electron chi connectivity index (χ3n) is 7.10. The first-order valence-electron chi connectivity index (χ1n) is 10.8. The van der Waals surface area contributed by atoms with Gasteiger partial charge in [-0.3, -0.25) is 10.4 Å². The van der Waals surface area contributed by atoms with Crippen LogP contribution in [0.4, 0.5) is 4.79 Å². The molecular weight excluding hydrogens is 398 g/mol. The van der Waals surface area contributed by atoms with Gasteiger partial charge in [0, 0.05) is 35.5 Å². The fourth-order valence-electron chi connectivity index (χ4n) is 5.48. The zero-order chi connectivity index (χ0) is 20.8. The summed E-state index contributed by atoms with van der Waals surface area (Å²) < 4.78 is 0. The molecule has 2 aliphatic heterocycles. The van der Waals surface area contributed by atoms with Crippen molar-refractivity contribution >= 4 is 17.6 Å². The highest BCUT2D eigenvalue weighted by Gasteiger charge is 2.48. The second-order valence-electron chi connectivity index (χ2n) is 8.94. The number of hydrogen-bond acceptors (Lipinski definition) is 4. The van der Waals surface area contributed by atoms with Gasteiger partial charge in [-0.2, -0.15) is 0 Å². The molecule has 2 saturated heterocycles. The lowest BCUT2D eigenvalue weighted by Gasteiger charge is -2.47. The van der Waals surface area contributed by atoms with Crippen LogP contribution in [0.2, 0.25) is 5.02 Å². The van der Waals surface area contributed by atoms with E-state index >= 15 is 0 Å². The van der Waals surface area contributed by atoms with E-state index in [-0.39, 0.29) is 24.2 Å². The van der Waals surface area contributed by atoms with Gasteiger partial charge >= 0.3 is 6.03 Å². The molecule has 5 unspecified atom stereocenters. The Labute approximate surface area is 182 Å². The fraction of sp³-hybridized carbons (Fsp3) is 0.478. The van der Waals surface area contributed by atoms with E-state index in [1.165, 1.54) is 5.56 Å². The standard InChI is InChI=1S/C23H28ClN5O/c1-13-8-16(6-7-25-13)22-19-10-17-12-29(14(2)15-4-3-5-18(24)9-15)23(30)26-20(17)11-21(19)27-28-22/h3-9,14,17,19-22,27-28H,10-12H2,1-2H3,(H,26,30)/t14-,17?,19?,20?,21?,22?/m1/s1. The summed E-state index contributed by atoms with van der Waals surface area (Å²) >= 11 is 6.18. The van der Waals surface area contributed by atoms with E-state index in [0.717, 1.165) is 30.6 Å². The van der Waals surface area contributed by atoms with Crippen LogP contribution in [0.15, 0.2) is 42.6 Å². The molecule has 0 spiro atoms. The molecule has 6 nitrogen and oxygen atoms in total. The number of fused-ring (bicyclic) bond motifs is 2. The van der Waals surface area contributed by atoms with Crippen LogP contribution in [0.5, 0.6) is 0 Å². The van der Waals surface area contributed by atoms with Crippen LogP contribution in [-0.2, 0) is 0 Å². The number of nitrogens with one attached hydrogen (secondary N) is 3. The molecule has 7 heteroatoms. The minimum atomic E-state index is -0.0131. The molecule has 3 N–H and O–H groups in total. The smallest absolute Gasteiger partial charge is 0.318 e. The maximum Gasteiger partial charge on any atom is 0.318 e. The lowest BCUT2D eigenvalue weighted by atomic mass is 9.71. The Morgan fingerprint density at radius 1 is 1.17 bits per heavy atom. The minimum absolute atomic E-state index is 0.0131. The van der Waals surface area contributed by atoms with Gasteiger partial charge in [0.1, 0.15) is 0 Å². The van der Waals surface area contributed by atoms with Crippen LogP contribution in [0.25, 0.3) is 0 Å². The molecule has 3 fully saturated rings. The number of carbonyl (C=O) groups is 1. The predicted molar refractivity (Wildman–Crippen MR) is 117 cm³/mol. The lowest BCUT2D eigenvalue weighted by Crippen LogP contribution is -2.61. The maximum absolute atomic E-state index is 12.9. The molecule has 0 radical (unpaired) electrons. The van der Waals surface area contributed by atoms with E-state index in [4.69, 9.17) is 11.6 Å². The van der Waals surface area contributed by atoms with Gasteiger partial charge in [0.25, 0.3) is 0 Å². The van der Waals surface area contributed by atoms with Gasteiger partial charge in [-0.25, -0.2) is 10.2 Å². The second-order valence-corrected chi connectivity index (χ2v) is 9.37. The fourth-order valence-corrected chi connectivity index (χ4v) is 5.68. The third kappa shape index (κ3) is 3.57. The normalized spacial score (nSPS) is 31.6. The number of carbonyl (C=O) groups excluding carboxylic acids is 1. The molecule has 1 aliphatic carbocycles. The molecule has 1 aromatic carbocycles. The van der Waals surface area contributed by atoms with E-state index in [0.29, 0.717) is 22.9 Å². The number of rotatable bonds is 3. The molecule has 1 saturated carbocycles. The van der Waals surface area contributed by atoms with Gasteiger partial charge in [-0.1, -0.05) is 23.7 Å². The van der Waals surface area contributed by atoms with E-state index in [1.54, 1.807) is 0 Å². The number of nitrogens with zero attached hydrogens (tertiary/aromatic N) is 2. The molecule has 158 valence electrons. The minimum Gasteiger partial charge on any atom is -0.335 e. The number of pyridine rings is 1. The summed E-state index contributed by atoms with van der Waals surface area (Å²) in [4.78, 5) is 19.2. The number of amides is 2. The molecule has 2 amide bonds. The van der Waals surface area contributed by atoms with Gasteiger partial charge in [0.2, 0.25) is 0 Å². The van der Waals surface area contributed by atoms with Crippen LogP contribution < -0.4 is 16.2 Å². The molecule has 6 atom stereocenters. The van der Waals surface area contributed by atoms with Crippen molar-refractivity contribution in [1.29, 1.82) is 0 Å². The molecule has 30 heavy (non-hydrogen) atoms. The van der Waals surface area contributed by atoms with E-state index < -0.39 is 0 Å². The number of aryl methyl sites for hydroxylation is 1. The highest BCUT2D eigenvalue weighted by molar-refractivity contribution is 6.30. The van der Waals surface area contributed by atoms with Crippen molar-refractivity contribution in [2.24, 2.45) is 11.8 Å². The number of benzene rings is 1. The molecule has 1 aromatic heterocycles. The van der Waals surface area contributed by atoms with Crippen molar-refractivity contribution in [2.75, 3.05) is 6.54 Å². The molecule has 3 aliphatic rings. The summed E-state index contributed by atoms with van der Waals surface area (Å²) in [6, 6.07) is 12.9. The number of hydrazine groups is 1. The predicted octanol–water partition coefficient (Wildman–Crippen LogP) is 3.74. The largest absolute Gasteiger partial charge is 0.335 e. The molecular formula is C23H28ClN5O. The number of halogens is 1. The quantitative estimate of drug-likeness (QED) is 0.700. The van der Waals surface area contributed by atoms with Crippen molar-refractivity contribution in [1.82, 2.24) is 26.1 Å². The average Bonchev–Trinajstić information content (AvgIpc) is 3.14. The molecule has 5 rings (SSSR count). The van der Waals surface area contributed by atoms with Crippen LogP contribution in [0, 0.1) is 18.8 Å². The average molecular weight is 426 g/mol. The highest BCUT2D eigenvalue weighted by atomic mass is 35.5. The van der Waals surface area contributed by atoms with Crippen molar-refractivity contribution < 1.29 is 4.79 Å². The van der Waals surface area contributed by atoms with E-state index in [1.807, 2.05) is 42.3 Å². The van der Waals surface area contributed by atoms with Gasteiger partial charge in [-0.15, -0.1) is 0 Å². The van der Waals surface area contributed by atoms with Crippen LogP contribution in [0.1, 0.15) is 48.7 Å². The molecule has 2 aromatic rings. The first kappa shape index (κ1) is 19.8. The Bertz CT molecular complexity index is 953. The summed E-state index contributed by atoms with van der Waals surface area (Å²) in [6.45, 7) is 4.89. The summed E-state index contributed by atoms with van der Waals surface area (Å²) in [7, 11) is 0. The SMILES string of the molecule is Cc1cc(C2NNC3CC4NC(=O)N([C@H](C)c5cccc(Cl)c5)CC4CC32)ccn1. The second kappa shape index (κ2) is 7.84. The third-order valence-corrected chi connectivity index (χ3v) is 7.34. The zero-order valence-corrected chi connectivity index (χ0v) is 18.1. The van der Waals surface area contributed by atoms with Crippen LogP contribution >= 0.6 is 11.6 Å². The van der Waals surface area contributed by atoms with Crippen LogP contribution in [0.3, 0.4) is 0 Å². The first-order chi connectivity index (χ1) is 14.5. The summed E-state index contributed by atoms with van der Waals surface area (Å²) in [5.74, 6) is 0.920. The van der Waals surface area contributed by atoms with Crippen molar-refractivity contribution in [3.8, 4) is 0 Å². The van der Waals surface area contributed by atoms with Gasteiger partial charge in [0.05, 0.1) is 12.1 Å². The monoisotopic (exact) mass is 425 g/mol. The number of hydrogen-bond donors (Lipinski definition) is 3. The Kier molecular flexibility index (Phi) is 5.17. The number of aromatic nitrogens is 1. The summed E-state index contributed by atoms with van der Waals surface area (Å²) in [5, 5.41) is 3.99. The van der Waals surface area contributed by atoms with Gasteiger partial charge < -0.3 is 10.2 Å². The first-order valence-corrected chi connectivity index (χ1v) is 11.1. The van der Waals surface area contributed by atoms with Crippen molar-refractivity contribution in [2.45, 2.75) is 50.9 Å². The summed E-state index contributed by atoms with van der Waals surface area (Å²) in [6.07, 6.45) is 3.91. The van der Waals surface area contributed by atoms with Gasteiger partial charge in [-0.05, 0) is 73.9 Å². The van der Waals surface area contributed by atoms with E-state index in [9.17, 15) is 4.79 Å². The Morgan fingerprint density at radius 3 is 2.83 bits per heavy atom. The van der Waals surface area contributed by atoms with Crippen molar-refractivity contribution in [3.63, 3.8) is 0 Å². The van der Waals surface area contributed by atoms with Gasteiger partial charge in [0.15, 0.2) is 0 Å². The lowest BCUT2D eigenvalue weighted by molar-refractivity contribution is 0.0835. The highest BCUT2D eigenvalue weighted by Crippen LogP contribution is 2.42. The topological polar surface area (TPSA) is 69.3 Å². The maximum atomic E-state index is 12.9. The molecule has 3 heterocycles. The van der Waals surface area contributed by atoms with Crippen molar-refractivity contribution in [3.05, 3.63) is 64.4 Å².